The third kappa shape index (κ3) is 4.66. The molecule has 0 aliphatic heterocycles. The summed E-state index contributed by atoms with van der Waals surface area (Å²) in [5.41, 5.74) is 3.30. The molecule has 3 nitrogen and oxygen atoms in total. The van der Waals surface area contributed by atoms with Crippen molar-refractivity contribution in [3.8, 4) is 5.75 Å². The molecule has 21 heavy (non-hydrogen) atoms. The van der Waals surface area contributed by atoms with Crippen LogP contribution in [0.25, 0.3) is 0 Å². The molecule has 1 N–H and O–H groups in total. The van der Waals surface area contributed by atoms with Gasteiger partial charge in [0.25, 0.3) is 0 Å². The second kappa shape index (κ2) is 6.03. The zero-order chi connectivity index (χ0) is 15.5. The monoisotopic (exact) mass is 296 g/mol. The van der Waals surface area contributed by atoms with Crippen molar-refractivity contribution in [2.75, 3.05) is 5.32 Å². The second-order valence-electron chi connectivity index (χ2n) is 4.63. The van der Waals surface area contributed by atoms with E-state index in [1.807, 2.05) is 26.0 Å². The van der Waals surface area contributed by atoms with Crippen molar-refractivity contribution in [2.24, 2.45) is 0 Å². The molecule has 0 saturated carbocycles. The number of aromatic nitrogens is 1. The van der Waals surface area contributed by atoms with Gasteiger partial charge in [0.05, 0.1) is 11.4 Å². The predicted octanol–water partition coefficient (Wildman–Crippen LogP) is 4.21. The number of pyridine rings is 1. The molecule has 2 rings (SSSR count). The fraction of sp³-hybridized carbons (Fsp3) is 0.267. The first-order valence-corrected chi connectivity index (χ1v) is 6.36. The number of benzene rings is 1. The van der Waals surface area contributed by atoms with Crippen molar-refractivity contribution >= 4 is 5.69 Å². The minimum Gasteiger partial charge on any atom is -0.406 e. The smallest absolute Gasteiger partial charge is 0.406 e. The molecule has 0 atom stereocenters. The highest BCUT2D eigenvalue weighted by atomic mass is 19.4. The van der Waals surface area contributed by atoms with E-state index < -0.39 is 6.36 Å². The molecule has 0 bridgehead atoms. The van der Waals surface area contributed by atoms with Crippen LogP contribution >= 0.6 is 0 Å². The molecule has 0 spiro atoms. The summed E-state index contributed by atoms with van der Waals surface area (Å²) in [7, 11) is 0. The molecule has 112 valence electrons. The molecule has 1 aromatic heterocycles. The maximum Gasteiger partial charge on any atom is 0.573 e. The van der Waals surface area contributed by atoms with Crippen LogP contribution in [0.3, 0.4) is 0 Å². The number of aryl methyl sites for hydroxylation is 2. The van der Waals surface area contributed by atoms with Crippen LogP contribution in [0.2, 0.25) is 0 Å². The Bertz CT molecular complexity index is 627. The topological polar surface area (TPSA) is 34.1 Å². The Hall–Kier alpha value is -2.24. The van der Waals surface area contributed by atoms with Crippen molar-refractivity contribution in [2.45, 2.75) is 26.8 Å². The summed E-state index contributed by atoms with van der Waals surface area (Å²) in [4.78, 5) is 4.32. The van der Waals surface area contributed by atoms with E-state index in [4.69, 9.17) is 0 Å². The Morgan fingerprint density at radius 2 is 1.90 bits per heavy atom. The highest BCUT2D eigenvalue weighted by Gasteiger charge is 2.31. The van der Waals surface area contributed by atoms with Crippen molar-refractivity contribution in [3.63, 3.8) is 0 Å². The standard InChI is InChI=1S/C15H15F3N2O/c1-10-6-7-14(11(2)20-10)19-9-12-4-3-5-13(8-12)21-15(16,17)18/h3-8,19H,9H2,1-2H3. The van der Waals surface area contributed by atoms with E-state index in [1.54, 1.807) is 6.07 Å². The van der Waals surface area contributed by atoms with Crippen LogP contribution in [0, 0.1) is 13.8 Å². The first-order chi connectivity index (χ1) is 9.83. The van der Waals surface area contributed by atoms with Crippen LogP contribution in [-0.2, 0) is 6.54 Å². The summed E-state index contributed by atoms with van der Waals surface area (Å²) in [6, 6.07) is 9.66. The van der Waals surface area contributed by atoms with E-state index >= 15 is 0 Å². The van der Waals surface area contributed by atoms with E-state index in [-0.39, 0.29) is 5.75 Å². The summed E-state index contributed by atoms with van der Waals surface area (Å²) >= 11 is 0. The highest BCUT2D eigenvalue weighted by molar-refractivity contribution is 5.48. The third-order valence-corrected chi connectivity index (χ3v) is 2.84. The van der Waals surface area contributed by atoms with Crippen molar-refractivity contribution < 1.29 is 17.9 Å². The molecular weight excluding hydrogens is 281 g/mol. The van der Waals surface area contributed by atoms with Gasteiger partial charge < -0.3 is 10.1 Å². The molecule has 2 aromatic rings. The Morgan fingerprint density at radius 3 is 2.57 bits per heavy atom. The molecule has 0 aliphatic rings. The van der Waals surface area contributed by atoms with E-state index in [0.29, 0.717) is 12.1 Å². The van der Waals surface area contributed by atoms with Crippen LogP contribution in [0.1, 0.15) is 17.0 Å². The van der Waals surface area contributed by atoms with Gasteiger partial charge in [-0.15, -0.1) is 13.2 Å². The van der Waals surface area contributed by atoms with Gasteiger partial charge >= 0.3 is 6.36 Å². The molecule has 6 heteroatoms. The van der Waals surface area contributed by atoms with Gasteiger partial charge in [-0.3, -0.25) is 4.98 Å². The largest absolute Gasteiger partial charge is 0.573 e. The molecule has 0 saturated heterocycles. The maximum absolute atomic E-state index is 12.2. The van der Waals surface area contributed by atoms with E-state index in [0.717, 1.165) is 17.1 Å². The van der Waals surface area contributed by atoms with Gasteiger partial charge in [0.15, 0.2) is 0 Å². The number of nitrogens with one attached hydrogen (secondary N) is 1. The molecule has 0 fully saturated rings. The highest BCUT2D eigenvalue weighted by Crippen LogP contribution is 2.23. The van der Waals surface area contributed by atoms with Gasteiger partial charge in [-0.2, -0.15) is 0 Å². The van der Waals surface area contributed by atoms with Crippen LogP contribution in [0.5, 0.6) is 5.75 Å². The molecule has 1 aromatic carbocycles. The zero-order valence-electron chi connectivity index (χ0n) is 11.7. The number of alkyl halides is 3. The number of anilines is 1. The number of rotatable bonds is 4. The lowest BCUT2D eigenvalue weighted by atomic mass is 10.2. The van der Waals surface area contributed by atoms with Crippen molar-refractivity contribution in [1.82, 2.24) is 4.98 Å². The number of hydrogen-bond acceptors (Lipinski definition) is 3. The van der Waals surface area contributed by atoms with Crippen LogP contribution in [0.15, 0.2) is 36.4 Å². The van der Waals surface area contributed by atoms with Gasteiger partial charge in [0.1, 0.15) is 5.75 Å². The van der Waals surface area contributed by atoms with Crippen LogP contribution in [0.4, 0.5) is 18.9 Å². The normalized spacial score (nSPS) is 11.3. The Balaban J connectivity index is 2.05. The van der Waals surface area contributed by atoms with Crippen LogP contribution in [-0.4, -0.2) is 11.3 Å². The number of nitrogens with zero attached hydrogens (tertiary/aromatic N) is 1. The first kappa shape index (κ1) is 15.2. The average molecular weight is 296 g/mol. The lowest BCUT2D eigenvalue weighted by Gasteiger charge is -2.12. The third-order valence-electron chi connectivity index (χ3n) is 2.84. The van der Waals surface area contributed by atoms with Gasteiger partial charge in [-0.1, -0.05) is 12.1 Å². The maximum atomic E-state index is 12.2. The van der Waals surface area contributed by atoms with Crippen molar-refractivity contribution in [1.29, 1.82) is 0 Å². The summed E-state index contributed by atoms with van der Waals surface area (Å²) in [6.07, 6.45) is -4.68. The average Bonchev–Trinajstić information content (AvgIpc) is 2.36. The quantitative estimate of drug-likeness (QED) is 0.917. The van der Waals surface area contributed by atoms with Crippen molar-refractivity contribution in [3.05, 3.63) is 53.3 Å². The summed E-state index contributed by atoms with van der Waals surface area (Å²) in [6.45, 7) is 4.16. The van der Waals surface area contributed by atoms with Gasteiger partial charge in [-0.25, -0.2) is 0 Å². The van der Waals surface area contributed by atoms with Gasteiger partial charge in [0, 0.05) is 12.2 Å². The summed E-state index contributed by atoms with van der Waals surface area (Å²) in [5, 5.41) is 3.15. The lowest BCUT2D eigenvalue weighted by molar-refractivity contribution is -0.274. The van der Waals surface area contributed by atoms with E-state index in [9.17, 15) is 13.2 Å². The SMILES string of the molecule is Cc1ccc(NCc2cccc(OC(F)(F)F)c2)c(C)n1. The molecular formula is C15H15F3N2O. The molecule has 1 heterocycles. The first-order valence-electron chi connectivity index (χ1n) is 6.36. The van der Waals surface area contributed by atoms with E-state index in [2.05, 4.69) is 15.0 Å². The zero-order valence-corrected chi connectivity index (χ0v) is 11.7. The van der Waals surface area contributed by atoms with Gasteiger partial charge in [0.2, 0.25) is 0 Å². The Kier molecular flexibility index (Phi) is 4.35. The lowest BCUT2D eigenvalue weighted by Crippen LogP contribution is -2.17. The fourth-order valence-corrected chi connectivity index (χ4v) is 1.92. The Labute approximate surface area is 120 Å². The summed E-state index contributed by atoms with van der Waals surface area (Å²) < 4.78 is 40.4. The minimum absolute atomic E-state index is 0.222. The molecule has 0 aliphatic carbocycles. The molecule has 0 amide bonds. The van der Waals surface area contributed by atoms with E-state index in [1.165, 1.54) is 18.2 Å². The fourth-order valence-electron chi connectivity index (χ4n) is 1.92. The second-order valence-corrected chi connectivity index (χ2v) is 4.63. The number of halogens is 3. The number of ether oxygens (including phenoxy) is 1. The summed E-state index contributed by atoms with van der Waals surface area (Å²) in [5.74, 6) is -0.222. The predicted molar refractivity (Wildman–Crippen MR) is 74.2 cm³/mol. The number of hydrogen-bond donors (Lipinski definition) is 1. The molecule has 0 radical (unpaired) electrons. The minimum atomic E-state index is -4.68. The Morgan fingerprint density at radius 1 is 1.14 bits per heavy atom. The van der Waals surface area contributed by atoms with Gasteiger partial charge in [-0.05, 0) is 43.7 Å². The molecule has 0 unspecified atom stereocenters. The van der Waals surface area contributed by atoms with Crippen LogP contribution < -0.4 is 10.1 Å².